The molecule has 94 valence electrons. The highest BCUT2D eigenvalue weighted by molar-refractivity contribution is 5.06. The van der Waals surface area contributed by atoms with Gasteiger partial charge in [0, 0.05) is 12.2 Å². The van der Waals surface area contributed by atoms with Crippen molar-refractivity contribution in [3.8, 4) is 0 Å². The number of hydrogen-bond acceptors (Lipinski definition) is 2. The summed E-state index contributed by atoms with van der Waals surface area (Å²) >= 11 is 0. The van der Waals surface area contributed by atoms with E-state index in [0.717, 1.165) is 12.2 Å². The third-order valence-electron chi connectivity index (χ3n) is 2.34. The number of nitrogens with zero attached hydrogens (tertiary/aromatic N) is 2. The second kappa shape index (κ2) is 9.40. The monoisotopic (exact) mass is 225 g/mol. The Bertz CT molecular complexity index is 249. The first kappa shape index (κ1) is 15.2. The summed E-state index contributed by atoms with van der Waals surface area (Å²) in [5, 5.41) is 7.18. The molecule has 1 fully saturated rings. The summed E-state index contributed by atoms with van der Waals surface area (Å²) in [5.41, 5.74) is 2.33. The fourth-order valence-corrected chi connectivity index (χ4v) is 1.73. The van der Waals surface area contributed by atoms with Gasteiger partial charge in [-0.05, 0) is 38.9 Å². The molecular formula is C13H27N3. The molecule has 0 aromatic carbocycles. The molecule has 0 saturated carbocycles. The van der Waals surface area contributed by atoms with Crippen LogP contribution in [-0.2, 0) is 6.54 Å². The molecule has 0 unspecified atom stereocenters. The normalized spacial score (nSPS) is 14.8. The topological polar surface area (TPSA) is 31.9 Å². The van der Waals surface area contributed by atoms with Crippen molar-refractivity contribution in [1.29, 1.82) is 0 Å². The zero-order chi connectivity index (χ0) is 12.4. The van der Waals surface area contributed by atoms with Gasteiger partial charge < -0.3 is 0 Å². The van der Waals surface area contributed by atoms with Crippen molar-refractivity contribution in [2.24, 2.45) is 0 Å². The molecule has 1 aliphatic heterocycles. The standard InChI is InChI=1S/C9H15N3.2C2H6/c1-8-6-9(11-10-8)7-12-4-2-3-5-12;2*1-2/h6H,2-5,7H2,1H3,(H,10,11);2*1-2H3. The smallest absolute Gasteiger partial charge is 0.0765 e. The summed E-state index contributed by atoms with van der Waals surface area (Å²) in [7, 11) is 0. The van der Waals surface area contributed by atoms with Crippen LogP contribution in [-0.4, -0.2) is 28.2 Å². The SMILES string of the molecule is CC.CC.Cc1cc(CN2CCCC2)n[nH]1. The van der Waals surface area contributed by atoms with E-state index in [1.165, 1.54) is 31.6 Å². The van der Waals surface area contributed by atoms with Crippen molar-refractivity contribution < 1.29 is 0 Å². The summed E-state index contributed by atoms with van der Waals surface area (Å²) in [6.07, 6.45) is 2.70. The number of aromatic nitrogens is 2. The maximum Gasteiger partial charge on any atom is 0.0765 e. The van der Waals surface area contributed by atoms with Gasteiger partial charge in [-0.2, -0.15) is 5.10 Å². The second-order valence-electron chi connectivity index (χ2n) is 3.53. The Labute approximate surface area is 100 Å². The molecule has 1 N–H and O–H groups in total. The average molecular weight is 225 g/mol. The van der Waals surface area contributed by atoms with E-state index in [2.05, 4.69) is 21.2 Å². The average Bonchev–Trinajstić information content (AvgIpc) is 2.97. The van der Waals surface area contributed by atoms with E-state index in [1.54, 1.807) is 0 Å². The van der Waals surface area contributed by atoms with Crippen LogP contribution < -0.4 is 0 Å². The van der Waals surface area contributed by atoms with Crippen LogP contribution in [0.1, 0.15) is 51.9 Å². The summed E-state index contributed by atoms with van der Waals surface area (Å²) in [4.78, 5) is 2.45. The van der Waals surface area contributed by atoms with Gasteiger partial charge in [-0.25, -0.2) is 0 Å². The predicted octanol–water partition coefficient (Wildman–Crippen LogP) is 3.37. The molecule has 3 heteroatoms. The summed E-state index contributed by atoms with van der Waals surface area (Å²) < 4.78 is 0. The lowest BCUT2D eigenvalue weighted by atomic mass is 10.3. The van der Waals surface area contributed by atoms with Crippen molar-refractivity contribution in [3.63, 3.8) is 0 Å². The molecular weight excluding hydrogens is 198 g/mol. The highest BCUT2D eigenvalue weighted by Gasteiger charge is 2.12. The molecule has 0 aliphatic carbocycles. The minimum atomic E-state index is 1.02. The first-order valence-corrected chi connectivity index (χ1v) is 6.58. The van der Waals surface area contributed by atoms with E-state index in [0.29, 0.717) is 0 Å². The fourth-order valence-electron chi connectivity index (χ4n) is 1.73. The molecule has 0 bridgehead atoms. The maximum atomic E-state index is 4.21. The Kier molecular flexibility index (Phi) is 8.91. The van der Waals surface area contributed by atoms with Crippen LogP contribution in [0, 0.1) is 6.92 Å². The Morgan fingerprint density at radius 2 is 1.75 bits per heavy atom. The van der Waals surface area contributed by atoms with Gasteiger partial charge in [-0.1, -0.05) is 27.7 Å². The molecule has 2 rings (SSSR count). The minimum Gasteiger partial charge on any atom is -0.297 e. The quantitative estimate of drug-likeness (QED) is 0.837. The van der Waals surface area contributed by atoms with Crippen molar-refractivity contribution >= 4 is 0 Å². The van der Waals surface area contributed by atoms with Gasteiger partial charge in [0.15, 0.2) is 0 Å². The third-order valence-corrected chi connectivity index (χ3v) is 2.34. The van der Waals surface area contributed by atoms with Gasteiger partial charge in [0.25, 0.3) is 0 Å². The van der Waals surface area contributed by atoms with Gasteiger partial charge in [-0.15, -0.1) is 0 Å². The summed E-state index contributed by atoms with van der Waals surface area (Å²) in [5.74, 6) is 0. The van der Waals surface area contributed by atoms with E-state index < -0.39 is 0 Å². The summed E-state index contributed by atoms with van der Waals surface area (Å²) in [6, 6.07) is 2.12. The highest BCUT2D eigenvalue weighted by Crippen LogP contribution is 2.11. The van der Waals surface area contributed by atoms with E-state index in [9.17, 15) is 0 Å². The molecule has 1 saturated heterocycles. The lowest BCUT2D eigenvalue weighted by Gasteiger charge is -2.11. The zero-order valence-electron chi connectivity index (χ0n) is 11.5. The second-order valence-corrected chi connectivity index (χ2v) is 3.53. The number of aryl methyl sites for hydroxylation is 1. The first-order chi connectivity index (χ1) is 7.84. The molecule has 16 heavy (non-hydrogen) atoms. The fraction of sp³-hybridized carbons (Fsp3) is 0.769. The number of hydrogen-bond donors (Lipinski definition) is 1. The van der Waals surface area contributed by atoms with Crippen molar-refractivity contribution in [3.05, 3.63) is 17.5 Å². The van der Waals surface area contributed by atoms with Crippen LogP contribution >= 0.6 is 0 Å². The van der Waals surface area contributed by atoms with Crippen LogP contribution in [0.3, 0.4) is 0 Å². The first-order valence-electron chi connectivity index (χ1n) is 6.58. The molecule has 1 aromatic rings. The van der Waals surface area contributed by atoms with Gasteiger partial charge in [0.2, 0.25) is 0 Å². The van der Waals surface area contributed by atoms with E-state index in [1.807, 2.05) is 34.6 Å². The van der Waals surface area contributed by atoms with Crippen molar-refractivity contribution in [2.75, 3.05) is 13.1 Å². The number of H-pyrrole nitrogens is 1. The largest absolute Gasteiger partial charge is 0.297 e. The highest BCUT2D eigenvalue weighted by atomic mass is 15.2. The zero-order valence-corrected chi connectivity index (χ0v) is 11.5. The molecule has 0 atom stereocenters. The molecule has 0 amide bonds. The van der Waals surface area contributed by atoms with Gasteiger partial charge >= 0.3 is 0 Å². The summed E-state index contributed by atoms with van der Waals surface area (Å²) in [6.45, 7) is 13.5. The van der Waals surface area contributed by atoms with Crippen LogP contribution in [0.2, 0.25) is 0 Å². The van der Waals surface area contributed by atoms with Crippen LogP contribution in [0.4, 0.5) is 0 Å². The Morgan fingerprint density at radius 1 is 1.19 bits per heavy atom. The molecule has 3 nitrogen and oxygen atoms in total. The van der Waals surface area contributed by atoms with Gasteiger partial charge in [0.05, 0.1) is 5.69 Å². The number of likely N-dealkylation sites (tertiary alicyclic amines) is 1. The lowest BCUT2D eigenvalue weighted by Crippen LogP contribution is -2.18. The number of aromatic amines is 1. The van der Waals surface area contributed by atoms with E-state index in [-0.39, 0.29) is 0 Å². The van der Waals surface area contributed by atoms with Crippen LogP contribution in [0.15, 0.2) is 6.07 Å². The van der Waals surface area contributed by atoms with E-state index in [4.69, 9.17) is 0 Å². The third kappa shape index (κ3) is 5.31. The van der Waals surface area contributed by atoms with Crippen molar-refractivity contribution in [2.45, 2.75) is 54.0 Å². The van der Waals surface area contributed by atoms with Gasteiger partial charge in [-0.3, -0.25) is 10.00 Å². The minimum absolute atomic E-state index is 1.02. The van der Waals surface area contributed by atoms with Crippen LogP contribution in [0.5, 0.6) is 0 Å². The molecule has 0 radical (unpaired) electrons. The Balaban J connectivity index is 0.000000509. The van der Waals surface area contributed by atoms with E-state index >= 15 is 0 Å². The number of nitrogens with one attached hydrogen (secondary N) is 1. The lowest BCUT2D eigenvalue weighted by molar-refractivity contribution is 0.327. The predicted molar refractivity (Wildman–Crippen MR) is 70.5 cm³/mol. The molecule has 1 aliphatic rings. The Morgan fingerprint density at radius 3 is 2.19 bits per heavy atom. The molecule has 0 spiro atoms. The van der Waals surface area contributed by atoms with Crippen molar-refractivity contribution in [1.82, 2.24) is 15.1 Å². The van der Waals surface area contributed by atoms with Gasteiger partial charge in [0.1, 0.15) is 0 Å². The molecule has 1 aromatic heterocycles. The Hall–Kier alpha value is -0.830. The van der Waals surface area contributed by atoms with Crippen LogP contribution in [0.25, 0.3) is 0 Å². The molecule has 2 heterocycles. The number of rotatable bonds is 2. The maximum absolute atomic E-state index is 4.21.